The van der Waals surface area contributed by atoms with Crippen LogP contribution in [0.4, 0.5) is 0 Å². The number of ether oxygens (including phenoxy) is 1. The van der Waals surface area contributed by atoms with Crippen molar-refractivity contribution >= 4 is 29.1 Å². The van der Waals surface area contributed by atoms with E-state index in [1.54, 1.807) is 18.1 Å². The lowest BCUT2D eigenvalue weighted by Crippen LogP contribution is -2.46. The molecule has 3 N–H and O–H groups in total. The van der Waals surface area contributed by atoms with Gasteiger partial charge in [0.2, 0.25) is 0 Å². The Labute approximate surface area is 164 Å². The quantitative estimate of drug-likeness (QED) is 0.648. The average molecular weight is 405 g/mol. The molecule has 2 unspecified atom stereocenters. The molecule has 2 atom stereocenters. The van der Waals surface area contributed by atoms with Gasteiger partial charge in [0.15, 0.2) is 6.10 Å². The van der Waals surface area contributed by atoms with Gasteiger partial charge in [-0.15, -0.1) is 0 Å². The summed E-state index contributed by atoms with van der Waals surface area (Å²) in [6.07, 6.45) is 0.196. The van der Waals surface area contributed by atoms with Crippen molar-refractivity contribution in [1.82, 2.24) is 10.2 Å². The smallest absolute Gasteiger partial charge is 0.253 e. The fraction of sp³-hybridized carbons (Fsp3) is 0.611. The van der Waals surface area contributed by atoms with Crippen LogP contribution < -0.4 is 10.1 Å². The van der Waals surface area contributed by atoms with E-state index in [4.69, 9.17) is 33.0 Å². The van der Waals surface area contributed by atoms with Crippen molar-refractivity contribution in [3.05, 3.63) is 27.7 Å². The first-order valence-electron chi connectivity index (χ1n) is 8.76. The molecule has 2 rings (SSSR count). The summed E-state index contributed by atoms with van der Waals surface area (Å²) in [6.45, 7) is 3.32. The van der Waals surface area contributed by atoms with Crippen molar-refractivity contribution in [3.63, 3.8) is 0 Å². The van der Waals surface area contributed by atoms with E-state index in [1.165, 1.54) is 0 Å². The first kappa shape index (κ1) is 21.3. The molecule has 1 saturated heterocycles. The number of benzene rings is 1. The van der Waals surface area contributed by atoms with Crippen molar-refractivity contribution < 1.29 is 19.7 Å². The van der Waals surface area contributed by atoms with E-state index in [1.807, 2.05) is 13.0 Å². The topological polar surface area (TPSA) is 82.0 Å². The molecule has 1 aliphatic heterocycles. The van der Waals surface area contributed by atoms with E-state index in [2.05, 4.69) is 5.32 Å². The van der Waals surface area contributed by atoms with Crippen LogP contribution in [0.25, 0.3) is 0 Å². The van der Waals surface area contributed by atoms with E-state index in [0.29, 0.717) is 28.9 Å². The van der Waals surface area contributed by atoms with Gasteiger partial charge in [0, 0.05) is 30.8 Å². The lowest BCUT2D eigenvalue weighted by atomic mass is 9.84. The molecule has 1 aliphatic rings. The molecule has 0 saturated carbocycles. The molecular formula is C18H26Cl2N2O4. The standard InChI is InChI=1S/C18H26Cl2N2O4/c1-3-21-17(12-8-13(19)14(20)9-16(12)26-2)11-4-6-22(7-5-11)18(25)15(24)10-23/h8-9,11,15,17,21,23-24H,3-7,10H2,1-2H3. The Balaban J connectivity index is 2.17. The highest BCUT2D eigenvalue weighted by Gasteiger charge is 2.32. The number of rotatable bonds is 7. The number of carbonyl (C=O) groups excluding carboxylic acids is 1. The monoisotopic (exact) mass is 404 g/mol. The Morgan fingerprint density at radius 2 is 1.96 bits per heavy atom. The average Bonchev–Trinajstić information content (AvgIpc) is 2.67. The maximum atomic E-state index is 12.0. The first-order chi connectivity index (χ1) is 12.4. The van der Waals surface area contributed by atoms with Crippen molar-refractivity contribution in [2.24, 2.45) is 5.92 Å². The Bertz CT molecular complexity index is 621. The number of methoxy groups -OCH3 is 1. The number of nitrogens with zero attached hydrogens (tertiary/aromatic N) is 1. The summed E-state index contributed by atoms with van der Waals surface area (Å²) in [5.41, 5.74) is 0.948. The summed E-state index contributed by atoms with van der Waals surface area (Å²) in [5.74, 6) is 0.536. The van der Waals surface area contributed by atoms with Gasteiger partial charge in [-0.2, -0.15) is 0 Å². The number of hydrogen-bond donors (Lipinski definition) is 3. The minimum atomic E-state index is -1.34. The Morgan fingerprint density at radius 3 is 2.50 bits per heavy atom. The number of carbonyl (C=O) groups is 1. The zero-order chi connectivity index (χ0) is 19.3. The van der Waals surface area contributed by atoms with Gasteiger partial charge in [0.25, 0.3) is 5.91 Å². The second-order valence-electron chi connectivity index (χ2n) is 6.40. The number of nitrogens with one attached hydrogen (secondary N) is 1. The number of aliphatic hydroxyl groups is 2. The first-order valence-corrected chi connectivity index (χ1v) is 9.52. The summed E-state index contributed by atoms with van der Waals surface area (Å²) >= 11 is 12.3. The number of amides is 1. The number of likely N-dealkylation sites (tertiary alicyclic amines) is 1. The van der Waals surface area contributed by atoms with Crippen LogP contribution in [0, 0.1) is 5.92 Å². The molecule has 146 valence electrons. The summed E-state index contributed by atoms with van der Waals surface area (Å²) < 4.78 is 5.50. The van der Waals surface area contributed by atoms with Gasteiger partial charge in [-0.05, 0) is 31.4 Å². The van der Waals surface area contributed by atoms with Crippen LogP contribution in [0.5, 0.6) is 5.75 Å². The van der Waals surface area contributed by atoms with Crippen LogP contribution >= 0.6 is 23.2 Å². The number of hydrogen-bond acceptors (Lipinski definition) is 5. The van der Waals surface area contributed by atoms with Crippen LogP contribution in [0.3, 0.4) is 0 Å². The molecular weight excluding hydrogens is 379 g/mol. The molecule has 1 fully saturated rings. The van der Waals surface area contributed by atoms with Gasteiger partial charge in [0.1, 0.15) is 5.75 Å². The number of piperidine rings is 1. The maximum absolute atomic E-state index is 12.0. The van der Waals surface area contributed by atoms with Crippen molar-refractivity contribution in [3.8, 4) is 5.75 Å². The maximum Gasteiger partial charge on any atom is 0.253 e. The Hall–Kier alpha value is -1.05. The molecule has 1 amide bonds. The summed E-state index contributed by atoms with van der Waals surface area (Å²) in [7, 11) is 1.60. The minimum absolute atomic E-state index is 0.0183. The zero-order valence-corrected chi connectivity index (χ0v) is 16.6. The van der Waals surface area contributed by atoms with Gasteiger partial charge in [0.05, 0.1) is 23.8 Å². The molecule has 1 aromatic rings. The van der Waals surface area contributed by atoms with Gasteiger partial charge in [-0.1, -0.05) is 30.1 Å². The molecule has 0 bridgehead atoms. The highest BCUT2D eigenvalue weighted by atomic mass is 35.5. The van der Waals surface area contributed by atoms with Crippen LogP contribution in [0.2, 0.25) is 10.0 Å². The predicted octanol–water partition coefficient (Wildman–Crippen LogP) is 2.24. The zero-order valence-electron chi connectivity index (χ0n) is 15.0. The predicted molar refractivity (Wildman–Crippen MR) is 102 cm³/mol. The molecule has 0 radical (unpaired) electrons. The summed E-state index contributed by atoms with van der Waals surface area (Å²) in [6, 6.07) is 3.58. The fourth-order valence-electron chi connectivity index (χ4n) is 3.46. The lowest BCUT2D eigenvalue weighted by Gasteiger charge is -2.37. The number of halogens is 2. The minimum Gasteiger partial charge on any atom is -0.496 e. The van der Waals surface area contributed by atoms with Gasteiger partial charge < -0.3 is 25.2 Å². The third-order valence-corrected chi connectivity index (χ3v) is 5.53. The normalized spacial score (nSPS) is 17.8. The molecule has 0 aliphatic carbocycles. The Kier molecular flexibility index (Phi) is 7.98. The van der Waals surface area contributed by atoms with Gasteiger partial charge in [-0.25, -0.2) is 0 Å². The summed E-state index contributed by atoms with van der Waals surface area (Å²) in [4.78, 5) is 13.6. The molecule has 8 heteroatoms. The SMILES string of the molecule is CCNC(c1cc(Cl)c(Cl)cc1OC)C1CCN(C(=O)C(O)CO)CC1. The van der Waals surface area contributed by atoms with Crippen LogP contribution in [-0.2, 0) is 4.79 Å². The van der Waals surface area contributed by atoms with Crippen LogP contribution in [0.15, 0.2) is 12.1 Å². The third kappa shape index (κ3) is 4.81. The van der Waals surface area contributed by atoms with Crippen LogP contribution in [-0.4, -0.2) is 60.5 Å². The summed E-state index contributed by atoms with van der Waals surface area (Å²) in [5, 5.41) is 22.9. The van der Waals surface area contributed by atoms with Crippen LogP contribution in [0.1, 0.15) is 31.4 Å². The van der Waals surface area contributed by atoms with Crippen molar-refractivity contribution in [1.29, 1.82) is 0 Å². The molecule has 6 nitrogen and oxygen atoms in total. The van der Waals surface area contributed by atoms with Gasteiger partial charge >= 0.3 is 0 Å². The molecule has 1 aromatic carbocycles. The highest BCUT2D eigenvalue weighted by Crippen LogP contribution is 2.39. The molecule has 26 heavy (non-hydrogen) atoms. The van der Waals surface area contributed by atoms with Gasteiger partial charge in [-0.3, -0.25) is 4.79 Å². The molecule has 0 spiro atoms. The van der Waals surface area contributed by atoms with Crippen molar-refractivity contribution in [2.75, 3.05) is 33.4 Å². The van der Waals surface area contributed by atoms with E-state index in [9.17, 15) is 9.90 Å². The Morgan fingerprint density at radius 1 is 1.35 bits per heavy atom. The lowest BCUT2D eigenvalue weighted by molar-refractivity contribution is -0.143. The van der Waals surface area contributed by atoms with E-state index in [0.717, 1.165) is 24.9 Å². The number of aliphatic hydroxyl groups excluding tert-OH is 2. The van der Waals surface area contributed by atoms with Crippen molar-refractivity contribution in [2.45, 2.75) is 31.9 Å². The van der Waals surface area contributed by atoms with E-state index < -0.39 is 18.6 Å². The molecule has 0 aromatic heterocycles. The third-order valence-electron chi connectivity index (χ3n) is 4.81. The fourth-order valence-corrected chi connectivity index (χ4v) is 3.78. The van der Waals surface area contributed by atoms with E-state index in [-0.39, 0.29) is 12.0 Å². The largest absolute Gasteiger partial charge is 0.496 e. The van der Waals surface area contributed by atoms with E-state index >= 15 is 0 Å². The second-order valence-corrected chi connectivity index (χ2v) is 7.22. The second kappa shape index (κ2) is 9.76. The molecule has 1 heterocycles. The highest BCUT2D eigenvalue weighted by molar-refractivity contribution is 6.42.